The molecule has 0 aliphatic heterocycles. The van der Waals surface area contributed by atoms with Crippen molar-refractivity contribution in [3.8, 4) is 0 Å². The van der Waals surface area contributed by atoms with Gasteiger partial charge in [0.1, 0.15) is 12.4 Å². The molecule has 0 fully saturated rings. The molecule has 1 aromatic carbocycles. The first-order valence-electron chi connectivity index (χ1n) is 5.85. The molecule has 0 saturated carbocycles. The van der Waals surface area contributed by atoms with Gasteiger partial charge in [-0.2, -0.15) is 0 Å². The van der Waals surface area contributed by atoms with Crippen LogP contribution < -0.4 is 0 Å². The topological polar surface area (TPSA) is 46.5 Å². The number of aryl methyl sites for hydroxylation is 1. The highest BCUT2D eigenvalue weighted by molar-refractivity contribution is 5.86. The Morgan fingerprint density at radius 2 is 2.06 bits per heavy atom. The minimum atomic E-state index is -0.942. The molecule has 1 aromatic rings. The molecule has 3 nitrogen and oxygen atoms in total. The molecule has 0 aromatic heterocycles. The van der Waals surface area contributed by atoms with Crippen LogP contribution in [-0.2, 0) is 16.0 Å². The number of carboxylic acid groups (broad SMARTS) is 1. The van der Waals surface area contributed by atoms with E-state index in [2.05, 4.69) is 6.58 Å². The summed E-state index contributed by atoms with van der Waals surface area (Å²) in [5.41, 5.74) is 1.42. The maximum Gasteiger partial charge on any atom is 0.334 e. The van der Waals surface area contributed by atoms with Gasteiger partial charge in [-0.05, 0) is 18.9 Å². The van der Waals surface area contributed by atoms with Crippen LogP contribution in [0.5, 0.6) is 0 Å². The Hall–Kier alpha value is -2.03. The van der Waals surface area contributed by atoms with Gasteiger partial charge in [-0.15, -0.1) is 0 Å². The third-order valence-electron chi connectivity index (χ3n) is 2.60. The molecule has 0 atom stereocenters. The summed E-state index contributed by atoms with van der Waals surface area (Å²) in [7, 11) is 0. The van der Waals surface area contributed by atoms with Crippen molar-refractivity contribution < 1.29 is 14.6 Å². The molecule has 0 heterocycles. The molecule has 3 heteroatoms. The molecule has 0 aliphatic rings. The zero-order valence-corrected chi connectivity index (χ0v) is 10.6. The minimum Gasteiger partial charge on any atom is -0.493 e. The third-order valence-corrected chi connectivity index (χ3v) is 2.60. The number of aliphatic carboxylic acids is 1. The van der Waals surface area contributed by atoms with E-state index in [0.29, 0.717) is 18.8 Å². The molecule has 0 saturated heterocycles. The fourth-order valence-corrected chi connectivity index (χ4v) is 1.55. The molecule has 0 aliphatic carbocycles. The number of allylic oxidation sites excluding steroid dienone is 1. The molecular formula is C15H18O3. The van der Waals surface area contributed by atoms with Crippen LogP contribution in [-0.4, -0.2) is 17.7 Å². The van der Waals surface area contributed by atoms with E-state index in [1.807, 2.05) is 30.3 Å². The zero-order chi connectivity index (χ0) is 13.4. The lowest BCUT2D eigenvalue weighted by molar-refractivity contribution is -0.132. The van der Waals surface area contributed by atoms with Gasteiger partial charge in [-0.25, -0.2) is 4.79 Å². The predicted octanol–water partition coefficient (Wildman–Crippen LogP) is 3.18. The Kier molecular flexibility index (Phi) is 5.71. The van der Waals surface area contributed by atoms with Crippen LogP contribution in [0, 0.1) is 0 Å². The van der Waals surface area contributed by atoms with Crippen LogP contribution in [0.4, 0.5) is 0 Å². The molecular weight excluding hydrogens is 228 g/mol. The number of ether oxygens (including phenoxy) is 1. The molecule has 0 radical (unpaired) electrons. The average Bonchev–Trinajstić information content (AvgIpc) is 2.39. The first-order chi connectivity index (χ1) is 8.65. The molecule has 1 rings (SSSR count). The van der Waals surface area contributed by atoms with Crippen LogP contribution in [0.2, 0.25) is 0 Å². The van der Waals surface area contributed by atoms with E-state index in [4.69, 9.17) is 9.84 Å². The van der Waals surface area contributed by atoms with Gasteiger partial charge in [0.25, 0.3) is 0 Å². The molecule has 1 N–H and O–H groups in total. The Morgan fingerprint density at radius 1 is 1.39 bits per heavy atom. The summed E-state index contributed by atoms with van der Waals surface area (Å²) in [6.07, 6.45) is 2.95. The van der Waals surface area contributed by atoms with E-state index in [1.165, 1.54) is 0 Å². The summed E-state index contributed by atoms with van der Waals surface area (Å²) in [4.78, 5) is 11.0. The summed E-state index contributed by atoms with van der Waals surface area (Å²) in [5.74, 6) is -0.423. The maximum absolute atomic E-state index is 11.0. The number of carboxylic acids is 1. The molecule has 18 heavy (non-hydrogen) atoms. The Labute approximate surface area is 107 Å². The van der Waals surface area contributed by atoms with Crippen molar-refractivity contribution in [3.05, 3.63) is 59.9 Å². The SMILES string of the molecule is C=CCO/C(CCc1ccccc1)=C(\C)C(=O)O. The van der Waals surface area contributed by atoms with Gasteiger partial charge in [0.05, 0.1) is 5.57 Å². The zero-order valence-electron chi connectivity index (χ0n) is 10.6. The number of benzene rings is 1. The van der Waals surface area contributed by atoms with Crippen molar-refractivity contribution in [2.24, 2.45) is 0 Å². The Bertz CT molecular complexity index is 432. The second-order valence-corrected chi connectivity index (χ2v) is 3.94. The van der Waals surface area contributed by atoms with Crippen LogP contribution in [0.25, 0.3) is 0 Å². The lowest BCUT2D eigenvalue weighted by Gasteiger charge is -2.11. The quantitative estimate of drug-likeness (QED) is 0.456. The number of hydrogen-bond acceptors (Lipinski definition) is 2. The molecule has 0 unspecified atom stereocenters. The standard InChI is InChI=1S/C15H18O3/c1-3-11-18-14(12(2)15(16)17)10-9-13-7-5-4-6-8-13/h3-8H,1,9-11H2,2H3,(H,16,17)/b14-12+. The van der Waals surface area contributed by atoms with Crippen LogP contribution in [0.15, 0.2) is 54.3 Å². The highest BCUT2D eigenvalue weighted by Crippen LogP contribution is 2.15. The van der Waals surface area contributed by atoms with E-state index < -0.39 is 5.97 Å². The van der Waals surface area contributed by atoms with Crippen molar-refractivity contribution in [2.75, 3.05) is 6.61 Å². The van der Waals surface area contributed by atoms with E-state index in [0.717, 1.165) is 12.0 Å². The summed E-state index contributed by atoms with van der Waals surface area (Å²) < 4.78 is 5.42. The van der Waals surface area contributed by atoms with Crippen LogP contribution in [0.3, 0.4) is 0 Å². The Morgan fingerprint density at radius 3 is 2.61 bits per heavy atom. The first-order valence-corrected chi connectivity index (χ1v) is 5.85. The first kappa shape index (κ1) is 14.0. The van der Waals surface area contributed by atoms with E-state index in [9.17, 15) is 4.79 Å². The molecule has 96 valence electrons. The van der Waals surface area contributed by atoms with Gasteiger partial charge >= 0.3 is 5.97 Å². The van der Waals surface area contributed by atoms with Crippen molar-refractivity contribution in [3.63, 3.8) is 0 Å². The van der Waals surface area contributed by atoms with Gasteiger partial charge in [0.15, 0.2) is 0 Å². The average molecular weight is 246 g/mol. The maximum atomic E-state index is 11.0. The lowest BCUT2D eigenvalue weighted by Crippen LogP contribution is -2.05. The number of carbonyl (C=O) groups is 1. The molecule has 0 amide bonds. The fourth-order valence-electron chi connectivity index (χ4n) is 1.55. The monoisotopic (exact) mass is 246 g/mol. The van der Waals surface area contributed by atoms with Gasteiger partial charge in [0, 0.05) is 6.42 Å². The smallest absolute Gasteiger partial charge is 0.334 e. The van der Waals surface area contributed by atoms with Crippen molar-refractivity contribution >= 4 is 5.97 Å². The third kappa shape index (κ3) is 4.45. The number of hydrogen-bond donors (Lipinski definition) is 1. The van der Waals surface area contributed by atoms with Crippen molar-refractivity contribution in [2.45, 2.75) is 19.8 Å². The summed E-state index contributed by atoms with van der Waals surface area (Å²) in [6, 6.07) is 9.92. The van der Waals surface area contributed by atoms with Gasteiger partial charge in [-0.1, -0.05) is 43.0 Å². The highest BCUT2D eigenvalue weighted by Gasteiger charge is 2.10. The normalized spacial score (nSPS) is 11.6. The summed E-state index contributed by atoms with van der Waals surface area (Å²) in [5, 5.41) is 8.99. The minimum absolute atomic E-state index is 0.257. The van der Waals surface area contributed by atoms with Crippen molar-refractivity contribution in [1.29, 1.82) is 0 Å². The predicted molar refractivity (Wildman–Crippen MR) is 71.2 cm³/mol. The van der Waals surface area contributed by atoms with Gasteiger partial charge in [0.2, 0.25) is 0 Å². The van der Waals surface area contributed by atoms with Crippen LogP contribution >= 0.6 is 0 Å². The van der Waals surface area contributed by atoms with E-state index >= 15 is 0 Å². The Balaban J connectivity index is 2.70. The summed E-state index contributed by atoms with van der Waals surface area (Å²) >= 11 is 0. The van der Waals surface area contributed by atoms with Gasteiger partial charge in [-0.3, -0.25) is 0 Å². The van der Waals surface area contributed by atoms with E-state index in [-0.39, 0.29) is 5.57 Å². The molecule has 0 bridgehead atoms. The molecule has 0 spiro atoms. The van der Waals surface area contributed by atoms with Crippen molar-refractivity contribution in [1.82, 2.24) is 0 Å². The second kappa shape index (κ2) is 7.33. The van der Waals surface area contributed by atoms with Gasteiger partial charge < -0.3 is 9.84 Å². The highest BCUT2D eigenvalue weighted by atomic mass is 16.5. The largest absolute Gasteiger partial charge is 0.493 e. The van der Waals surface area contributed by atoms with E-state index in [1.54, 1.807) is 13.0 Å². The summed E-state index contributed by atoms with van der Waals surface area (Å²) in [6.45, 7) is 5.45. The lowest BCUT2D eigenvalue weighted by atomic mass is 10.1. The van der Waals surface area contributed by atoms with Crippen LogP contribution in [0.1, 0.15) is 18.9 Å². The number of rotatable bonds is 7. The second-order valence-electron chi connectivity index (χ2n) is 3.94. The fraction of sp³-hybridized carbons (Fsp3) is 0.267.